The first-order chi connectivity index (χ1) is 15.1. The molecule has 1 aromatic carbocycles. The summed E-state index contributed by atoms with van der Waals surface area (Å²) in [5.41, 5.74) is 0.715. The van der Waals surface area contributed by atoms with E-state index in [0.717, 1.165) is 57.4 Å². The Bertz CT molecular complexity index is 701. The summed E-state index contributed by atoms with van der Waals surface area (Å²) in [6, 6.07) is 7.22. The molecule has 2 saturated heterocycles. The van der Waals surface area contributed by atoms with Crippen LogP contribution in [0.1, 0.15) is 39.5 Å². The highest BCUT2D eigenvalue weighted by Crippen LogP contribution is 2.31. The first-order valence-corrected chi connectivity index (χ1v) is 11.6. The lowest BCUT2D eigenvalue weighted by Gasteiger charge is -2.30. The molecule has 2 aliphatic heterocycles. The molecule has 0 aromatic heterocycles. The second-order valence-corrected chi connectivity index (χ2v) is 8.35. The van der Waals surface area contributed by atoms with Crippen LogP contribution in [0.4, 0.5) is 14.5 Å². The van der Waals surface area contributed by atoms with Gasteiger partial charge in [0.2, 0.25) is 0 Å². The van der Waals surface area contributed by atoms with Gasteiger partial charge in [0.25, 0.3) is 0 Å². The van der Waals surface area contributed by atoms with Crippen molar-refractivity contribution in [3.8, 4) is 5.75 Å². The second kappa shape index (κ2) is 14.0. The van der Waals surface area contributed by atoms with Gasteiger partial charge in [-0.2, -0.15) is 8.78 Å². The second-order valence-electron chi connectivity index (χ2n) is 8.35. The van der Waals surface area contributed by atoms with Crippen LogP contribution in [0, 0.1) is 5.92 Å². The number of hydrogen-bond acceptors (Lipinski definition) is 4. The molecule has 9 heteroatoms. The maximum absolute atomic E-state index is 12.7. The highest BCUT2D eigenvalue weighted by atomic mass is 127. The summed E-state index contributed by atoms with van der Waals surface area (Å²) >= 11 is 0. The summed E-state index contributed by atoms with van der Waals surface area (Å²) < 4.78 is 30.2. The van der Waals surface area contributed by atoms with Crippen molar-refractivity contribution in [3.05, 3.63) is 24.3 Å². The number of hydrogen-bond donors (Lipinski definition) is 2. The van der Waals surface area contributed by atoms with E-state index in [4.69, 9.17) is 9.73 Å². The lowest BCUT2D eigenvalue weighted by atomic mass is 9.94. The molecule has 0 saturated carbocycles. The molecule has 2 aliphatic rings. The molecule has 2 heterocycles. The highest BCUT2D eigenvalue weighted by molar-refractivity contribution is 14.0. The van der Waals surface area contributed by atoms with Gasteiger partial charge in [-0.15, -0.1) is 24.0 Å². The van der Waals surface area contributed by atoms with E-state index in [1.165, 1.54) is 25.9 Å². The molecule has 0 spiro atoms. The van der Waals surface area contributed by atoms with Crippen molar-refractivity contribution < 1.29 is 13.5 Å². The monoisotopic (exact) mass is 565 g/mol. The van der Waals surface area contributed by atoms with Gasteiger partial charge >= 0.3 is 6.61 Å². The van der Waals surface area contributed by atoms with Crippen LogP contribution < -0.4 is 20.3 Å². The number of halogens is 3. The Labute approximate surface area is 208 Å². The summed E-state index contributed by atoms with van der Waals surface area (Å²) in [7, 11) is 0. The third-order valence-electron chi connectivity index (χ3n) is 6.26. The Morgan fingerprint density at radius 2 is 1.91 bits per heavy atom. The van der Waals surface area contributed by atoms with Crippen molar-refractivity contribution in [2.24, 2.45) is 10.9 Å². The fraction of sp³-hybridized carbons (Fsp3) is 0.696. The number of anilines is 1. The number of likely N-dealkylation sites (tertiary alicyclic amines) is 1. The number of ether oxygens (including phenoxy) is 1. The maximum atomic E-state index is 12.7. The lowest BCUT2D eigenvalue weighted by molar-refractivity contribution is -0.0495. The minimum Gasteiger partial charge on any atom is -0.433 e. The van der Waals surface area contributed by atoms with Crippen LogP contribution in [0.15, 0.2) is 29.3 Å². The van der Waals surface area contributed by atoms with Gasteiger partial charge in [0.05, 0.1) is 5.69 Å². The molecule has 6 nitrogen and oxygen atoms in total. The zero-order valence-corrected chi connectivity index (χ0v) is 21.6. The van der Waals surface area contributed by atoms with Gasteiger partial charge in [0.15, 0.2) is 5.96 Å². The number of aliphatic imine (C=N–C) groups is 1. The molecule has 0 bridgehead atoms. The third-order valence-corrected chi connectivity index (χ3v) is 6.26. The Kier molecular flexibility index (Phi) is 11.8. The number of para-hydroxylation sites is 2. The van der Waals surface area contributed by atoms with Crippen molar-refractivity contribution in [2.75, 3.05) is 50.7 Å². The van der Waals surface area contributed by atoms with Gasteiger partial charge in [-0.1, -0.05) is 19.1 Å². The maximum Gasteiger partial charge on any atom is 0.387 e. The summed E-state index contributed by atoms with van der Waals surface area (Å²) in [6.07, 6.45) is 4.59. The smallest absolute Gasteiger partial charge is 0.387 e. The van der Waals surface area contributed by atoms with Gasteiger partial charge < -0.3 is 25.2 Å². The average Bonchev–Trinajstić information content (AvgIpc) is 3.22. The summed E-state index contributed by atoms with van der Waals surface area (Å²) in [5, 5.41) is 6.87. The molecular weight excluding hydrogens is 527 g/mol. The Morgan fingerprint density at radius 1 is 1.16 bits per heavy atom. The molecule has 0 aliphatic carbocycles. The van der Waals surface area contributed by atoms with E-state index in [1.807, 2.05) is 12.1 Å². The SMILES string of the molecule is CCNC(=NCCC1CCN(CC)CC1)NC1CCN(c2ccccc2OC(F)F)C1.I. The van der Waals surface area contributed by atoms with E-state index < -0.39 is 6.61 Å². The van der Waals surface area contributed by atoms with E-state index in [2.05, 4.69) is 34.3 Å². The predicted octanol–water partition coefficient (Wildman–Crippen LogP) is 4.16. The van der Waals surface area contributed by atoms with Crippen molar-refractivity contribution in [1.29, 1.82) is 0 Å². The Balaban J connectivity index is 0.00000363. The van der Waals surface area contributed by atoms with Crippen LogP contribution in [-0.2, 0) is 0 Å². The fourth-order valence-electron chi connectivity index (χ4n) is 4.47. The number of rotatable bonds is 9. The standard InChI is InChI=1S/C23H37F2N5O.HI/c1-3-26-23(27-13-9-18-10-14-29(4-2)15-11-18)28-19-12-16-30(17-19)20-7-5-6-8-21(20)31-22(24)25;/h5-8,18-19,22H,3-4,9-17H2,1-2H3,(H2,26,27,28);1H. The Morgan fingerprint density at radius 3 is 2.59 bits per heavy atom. The first-order valence-electron chi connectivity index (χ1n) is 11.6. The fourth-order valence-corrected chi connectivity index (χ4v) is 4.47. The third kappa shape index (κ3) is 8.20. The lowest BCUT2D eigenvalue weighted by Crippen LogP contribution is -2.44. The van der Waals surface area contributed by atoms with E-state index in [-0.39, 0.29) is 35.8 Å². The van der Waals surface area contributed by atoms with Crippen LogP contribution in [0.25, 0.3) is 0 Å². The Hall–Kier alpha value is -1.36. The van der Waals surface area contributed by atoms with E-state index in [1.54, 1.807) is 12.1 Å². The van der Waals surface area contributed by atoms with Crippen LogP contribution in [0.3, 0.4) is 0 Å². The summed E-state index contributed by atoms with van der Waals surface area (Å²) in [5.74, 6) is 1.84. The van der Waals surface area contributed by atoms with Crippen molar-refractivity contribution >= 4 is 35.6 Å². The van der Waals surface area contributed by atoms with Gasteiger partial charge in [-0.05, 0) is 70.3 Å². The number of piperidine rings is 1. The van der Waals surface area contributed by atoms with Crippen LogP contribution in [0.2, 0.25) is 0 Å². The first kappa shape index (κ1) is 26.9. The molecule has 1 unspecified atom stereocenters. The number of alkyl halides is 2. The summed E-state index contributed by atoms with van der Waals surface area (Å²) in [4.78, 5) is 9.42. The minimum absolute atomic E-state index is 0. The van der Waals surface area contributed by atoms with Crippen molar-refractivity contribution in [3.63, 3.8) is 0 Å². The topological polar surface area (TPSA) is 52.1 Å². The van der Waals surface area contributed by atoms with Gasteiger partial charge in [-0.25, -0.2) is 0 Å². The van der Waals surface area contributed by atoms with Crippen LogP contribution in [0.5, 0.6) is 5.75 Å². The average molecular weight is 565 g/mol. The van der Waals surface area contributed by atoms with Gasteiger partial charge in [-0.3, -0.25) is 4.99 Å². The predicted molar refractivity (Wildman–Crippen MR) is 138 cm³/mol. The van der Waals surface area contributed by atoms with Crippen molar-refractivity contribution in [2.45, 2.75) is 52.2 Å². The van der Waals surface area contributed by atoms with E-state index in [0.29, 0.717) is 5.69 Å². The molecule has 1 atom stereocenters. The summed E-state index contributed by atoms with van der Waals surface area (Å²) in [6.45, 7) is 8.19. The van der Waals surface area contributed by atoms with E-state index >= 15 is 0 Å². The molecule has 182 valence electrons. The number of nitrogens with zero attached hydrogens (tertiary/aromatic N) is 3. The molecular formula is C23H38F2IN5O. The number of nitrogens with one attached hydrogen (secondary N) is 2. The van der Waals surface area contributed by atoms with Crippen LogP contribution >= 0.6 is 24.0 Å². The zero-order chi connectivity index (χ0) is 22.1. The quantitative estimate of drug-likeness (QED) is 0.268. The normalized spacial score (nSPS) is 20.3. The van der Waals surface area contributed by atoms with Crippen molar-refractivity contribution in [1.82, 2.24) is 15.5 Å². The van der Waals surface area contributed by atoms with Gasteiger partial charge in [0, 0.05) is 32.2 Å². The largest absolute Gasteiger partial charge is 0.433 e. The number of benzene rings is 1. The number of guanidine groups is 1. The molecule has 0 radical (unpaired) electrons. The zero-order valence-electron chi connectivity index (χ0n) is 19.2. The van der Waals surface area contributed by atoms with Gasteiger partial charge in [0.1, 0.15) is 5.75 Å². The minimum atomic E-state index is -2.82. The molecule has 2 fully saturated rings. The molecule has 3 rings (SSSR count). The molecule has 32 heavy (non-hydrogen) atoms. The highest BCUT2D eigenvalue weighted by Gasteiger charge is 2.26. The molecule has 0 amide bonds. The van der Waals surface area contributed by atoms with Crippen LogP contribution in [-0.4, -0.2) is 69.3 Å². The molecule has 2 N–H and O–H groups in total. The molecule has 1 aromatic rings. The van der Waals surface area contributed by atoms with E-state index in [9.17, 15) is 8.78 Å².